The van der Waals surface area contributed by atoms with Crippen LogP contribution in [0.25, 0.3) is 11.3 Å². The first kappa shape index (κ1) is 18.8. The Kier molecular flexibility index (Phi) is 5.02. The summed E-state index contributed by atoms with van der Waals surface area (Å²) < 4.78 is 0. The van der Waals surface area contributed by atoms with Gasteiger partial charge in [0.2, 0.25) is 5.91 Å². The van der Waals surface area contributed by atoms with Gasteiger partial charge in [-0.1, -0.05) is 19.3 Å². The predicted molar refractivity (Wildman–Crippen MR) is 108 cm³/mol. The van der Waals surface area contributed by atoms with E-state index in [1.165, 1.54) is 32.1 Å². The Hall–Kier alpha value is -2.54. The molecule has 2 aromatic rings. The molecule has 1 fully saturated rings. The zero-order valence-electron chi connectivity index (χ0n) is 16.5. The van der Waals surface area contributed by atoms with Gasteiger partial charge < -0.3 is 15.3 Å². The number of carbonyl (C=O) groups is 1. The summed E-state index contributed by atoms with van der Waals surface area (Å²) in [6.07, 6.45) is 9.63. The number of amides is 1. The normalized spacial score (nSPS) is 18.0. The van der Waals surface area contributed by atoms with Crippen LogP contribution < -0.4 is 10.2 Å². The largest absolute Gasteiger partial charge is 0.384 e. The molecule has 0 saturated heterocycles. The van der Waals surface area contributed by atoms with Gasteiger partial charge in [-0.05, 0) is 44.7 Å². The van der Waals surface area contributed by atoms with E-state index in [-0.39, 0.29) is 5.91 Å². The van der Waals surface area contributed by atoms with Gasteiger partial charge in [0, 0.05) is 18.3 Å². The maximum absolute atomic E-state index is 12.1. The number of nitrogens with zero attached hydrogens (tertiary/aromatic N) is 4. The number of aliphatic hydroxyl groups is 1. The van der Waals surface area contributed by atoms with E-state index in [2.05, 4.69) is 20.2 Å². The van der Waals surface area contributed by atoms with Crippen LogP contribution in [0.3, 0.4) is 0 Å². The number of pyridine rings is 1. The standard InChI is InChI=1S/C21H27N5O2/c1-21(2,28)17-9-8-15(10-22-17)16-11-23-19-20(24-16)26(13-18(27)25-19)12-14-6-4-3-5-7-14/h8-11,14,28H,3-7,12-13H2,1-2H3,(H,23,25,27). The lowest BCUT2D eigenvalue weighted by atomic mass is 9.89. The molecule has 0 bridgehead atoms. The highest BCUT2D eigenvalue weighted by atomic mass is 16.3. The summed E-state index contributed by atoms with van der Waals surface area (Å²) in [5.74, 6) is 1.82. The molecule has 3 heterocycles. The molecule has 2 N–H and O–H groups in total. The van der Waals surface area contributed by atoms with Crippen LogP contribution in [0.5, 0.6) is 0 Å². The van der Waals surface area contributed by atoms with Gasteiger partial charge in [-0.2, -0.15) is 0 Å². The average Bonchev–Trinajstić information content (AvgIpc) is 2.68. The van der Waals surface area contributed by atoms with Crippen LogP contribution in [-0.4, -0.2) is 39.1 Å². The smallest absolute Gasteiger partial charge is 0.245 e. The summed E-state index contributed by atoms with van der Waals surface area (Å²) in [6.45, 7) is 4.57. The van der Waals surface area contributed by atoms with Gasteiger partial charge in [-0.15, -0.1) is 0 Å². The van der Waals surface area contributed by atoms with Crippen LogP contribution in [-0.2, 0) is 10.4 Å². The van der Waals surface area contributed by atoms with Gasteiger partial charge in [0.15, 0.2) is 11.6 Å². The number of fused-ring (bicyclic) bond motifs is 1. The lowest BCUT2D eigenvalue weighted by molar-refractivity contribution is -0.115. The van der Waals surface area contributed by atoms with Gasteiger partial charge >= 0.3 is 0 Å². The predicted octanol–water partition coefficient (Wildman–Crippen LogP) is 3.10. The third-order valence-electron chi connectivity index (χ3n) is 5.54. The van der Waals surface area contributed by atoms with Gasteiger partial charge in [-0.25, -0.2) is 9.97 Å². The minimum absolute atomic E-state index is 0.0402. The quantitative estimate of drug-likeness (QED) is 0.846. The summed E-state index contributed by atoms with van der Waals surface area (Å²) >= 11 is 0. The van der Waals surface area contributed by atoms with Crippen LogP contribution in [0.1, 0.15) is 51.6 Å². The van der Waals surface area contributed by atoms with E-state index in [1.807, 2.05) is 6.07 Å². The van der Waals surface area contributed by atoms with E-state index in [0.29, 0.717) is 29.7 Å². The Balaban J connectivity index is 1.61. The topological polar surface area (TPSA) is 91.2 Å². The number of hydrogen-bond donors (Lipinski definition) is 2. The van der Waals surface area contributed by atoms with E-state index in [1.54, 1.807) is 32.3 Å². The second-order valence-corrected chi connectivity index (χ2v) is 8.35. The number of aromatic nitrogens is 3. The molecule has 0 atom stereocenters. The van der Waals surface area contributed by atoms with Crippen molar-refractivity contribution in [2.45, 2.75) is 51.6 Å². The fourth-order valence-electron chi connectivity index (χ4n) is 3.99. The molecule has 148 valence electrons. The van der Waals surface area contributed by atoms with Crippen molar-refractivity contribution in [2.75, 3.05) is 23.3 Å². The summed E-state index contributed by atoms with van der Waals surface area (Å²) in [5.41, 5.74) is 1.16. The molecule has 2 aliphatic rings. The van der Waals surface area contributed by atoms with Gasteiger partial charge in [0.05, 0.1) is 24.1 Å². The van der Waals surface area contributed by atoms with Crippen molar-refractivity contribution in [3.8, 4) is 11.3 Å². The Morgan fingerprint density at radius 3 is 2.64 bits per heavy atom. The highest BCUT2D eigenvalue weighted by Gasteiger charge is 2.28. The van der Waals surface area contributed by atoms with E-state index in [9.17, 15) is 9.90 Å². The van der Waals surface area contributed by atoms with Crippen molar-refractivity contribution in [1.82, 2.24) is 15.0 Å². The number of carbonyl (C=O) groups excluding carboxylic acids is 1. The molecular weight excluding hydrogens is 354 g/mol. The van der Waals surface area contributed by atoms with Crippen molar-refractivity contribution in [1.29, 1.82) is 0 Å². The summed E-state index contributed by atoms with van der Waals surface area (Å²) in [6, 6.07) is 3.70. The zero-order chi connectivity index (χ0) is 19.7. The van der Waals surface area contributed by atoms with Crippen molar-refractivity contribution in [3.63, 3.8) is 0 Å². The Morgan fingerprint density at radius 2 is 1.96 bits per heavy atom. The number of nitrogens with one attached hydrogen (secondary N) is 1. The Morgan fingerprint density at radius 1 is 1.18 bits per heavy atom. The minimum atomic E-state index is -0.985. The minimum Gasteiger partial charge on any atom is -0.384 e. The first-order valence-electron chi connectivity index (χ1n) is 10.0. The molecule has 0 unspecified atom stereocenters. The maximum Gasteiger partial charge on any atom is 0.245 e. The van der Waals surface area contributed by atoms with Crippen LogP contribution in [0.4, 0.5) is 11.6 Å². The molecule has 4 rings (SSSR count). The van der Waals surface area contributed by atoms with Crippen molar-refractivity contribution in [2.24, 2.45) is 5.92 Å². The summed E-state index contributed by atoms with van der Waals surface area (Å²) in [4.78, 5) is 27.8. The van der Waals surface area contributed by atoms with Gasteiger partial charge in [0.25, 0.3) is 0 Å². The molecule has 28 heavy (non-hydrogen) atoms. The molecule has 1 saturated carbocycles. The third kappa shape index (κ3) is 3.99. The molecule has 1 amide bonds. The summed E-state index contributed by atoms with van der Waals surface area (Å²) in [5, 5.41) is 12.9. The van der Waals surface area contributed by atoms with E-state index in [4.69, 9.17) is 4.98 Å². The maximum atomic E-state index is 12.1. The highest BCUT2D eigenvalue weighted by molar-refractivity contribution is 5.99. The zero-order valence-corrected chi connectivity index (χ0v) is 16.5. The van der Waals surface area contributed by atoms with Crippen LogP contribution in [0.2, 0.25) is 0 Å². The van der Waals surface area contributed by atoms with Crippen LogP contribution in [0, 0.1) is 5.92 Å². The molecular formula is C21H27N5O2. The Bertz CT molecular complexity index is 854. The first-order chi connectivity index (χ1) is 13.4. The lowest BCUT2D eigenvalue weighted by Crippen LogP contribution is -2.42. The second-order valence-electron chi connectivity index (χ2n) is 8.35. The number of anilines is 2. The second kappa shape index (κ2) is 7.47. The highest BCUT2D eigenvalue weighted by Crippen LogP contribution is 2.32. The molecule has 7 heteroatoms. The number of rotatable bonds is 4. The van der Waals surface area contributed by atoms with E-state index in [0.717, 1.165) is 17.9 Å². The summed E-state index contributed by atoms with van der Waals surface area (Å²) in [7, 11) is 0. The average molecular weight is 381 g/mol. The SMILES string of the molecule is CC(C)(O)c1ccc(-c2cnc3c(n2)N(CC2CCCCC2)CC(=O)N3)cn1. The fourth-order valence-corrected chi connectivity index (χ4v) is 3.99. The van der Waals surface area contributed by atoms with E-state index >= 15 is 0 Å². The van der Waals surface area contributed by atoms with Gasteiger partial charge in [-0.3, -0.25) is 9.78 Å². The number of hydrogen-bond acceptors (Lipinski definition) is 6. The molecule has 0 spiro atoms. The van der Waals surface area contributed by atoms with Crippen LogP contribution >= 0.6 is 0 Å². The molecule has 7 nitrogen and oxygen atoms in total. The van der Waals surface area contributed by atoms with Crippen molar-refractivity contribution >= 4 is 17.5 Å². The van der Waals surface area contributed by atoms with E-state index < -0.39 is 5.60 Å². The molecule has 0 aromatic carbocycles. The Labute approximate surface area is 165 Å². The lowest BCUT2D eigenvalue weighted by Gasteiger charge is -2.33. The van der Waals surface area contributed by atoms with Crippen molar-refractivity contribution < 1.29 is 9.90 Å². The van der Waals surface area contributed by atoms with Crippen LogP contribution in [0.15, 0.2) is 24.5 Å². The van der Waals surface area contributed by atoms with Crippen molar-refractivity contribution in [3.05, 3.63) is 30.2 Å². The molecule has 2 aromatic heterocycles. The molecule has 0 radical (unpaired) electrons. The first-order valence-corrected chi connectivity index (χ1v) is 10.0. The fraction of sp³-hybridized carbons (Fsp3) is 0.524. The third-order valence-corrected chi connectivity index (χ3v) is 5.54. The molecule has 1 aliphatic carbocycles. The van der Waals surface area contributed by atoms with Gasteiger partial charge in [0.1, 0.15) is 5.60 Å². The monoisotopic (exact) mass is 381 g/mol. The molecule has 1 aliphatic heterocycles.